The molecular formula is C10H13NO2S. The fourth-order valence-electron chi connectivity index (χ4n) is 1.03. The first-order chi connectivity index (χ1) is 6.77. The first kappa shape index (κ1) is 11.0. The highest BCUT2D eigenvalue weighted by molar-refractivity contribution is 8.13. The van der Waals surface area contributed by atoms with E-state index in [0.717, 1.165) is 5.04 Å². The third-order valence-electron chi connectivity index (χ3n) is 1.68. The summed E-state index contributed by atoms with van der Waals surface area (Å²) in [5, 5.41) is 0.855. The van der Waals surface area contributed by atoms with Gasteiger partial charge in [0.15, 0.2) is 5.76 Å². The topological polar surface area (TPSA) is 42.6 Å². The van der Waals surface area contributed by atoms with Crippen molar-refractivity contribution in [2.24, 2.45) is 4.99 Å². The number of rotatable bonds is 4. The largest absolute Gasteiger partial charge is 0.461 e. The van der Waals surface area contributed by atoms with E-state index >= 15 is 0 Å². The van der Waals surface area contributed by atoms with Gasteiger partial charge in [-0.2, -0.15) is 0 Å². The second kappa shape index (κ2) is 5.65. The van der Waals surface area contributed by atoms with Crippen molar-refractivity contribution in [1.29, 1.82) is 0 Å². The molecule has 0 aromatic carbocycles. The zero-order valence-electron chi connectivity index (χ0n) is 8.32. The van der Waals surface area contributed by atoms with Gasteiger partial charge in [-0.1, -0.05) is 0 Å². The van der Waals surface area contributed by atoms with Crippen molar-refractivity contribution in [3.8, 4) is 0 Å². The van der Waals surface area contributed by atoms with E-state index < -0.39 is 0 Å². The van der Waals surface area contributed by atoms with Gasteiger partial charge in [-0.05, 0) is 25.3 Å². The molecule has 0 saturated carbocycles. The van der Waals surface area contributed by atoms with Crippen LogP contribution in [0.1, 0.15) is 23.9 Å². The Bertz CT molecular complexity index is 317. The molecular weight excluding hydrogens is 198 g/mol. The fourth-order valence-corrected chi connectivity index (χ4v) is 1.56. The average molecular weight is 211 g/mol. The molecule has 1 aromatic rings. The van der Waals surface area contributed by atoms with Gasteiger partial charge in [0.25, 0.3) is 0 Å². The van der Waals surface area contributed by atoms with Crippen LogP contribution in [0.4, 0.5) is 0 Å². The second-order valence-corrected chi connectivity index (χ2v) is 3.53. The van der Waals surface area contributed by atoms with E-state index in [4.69, 9.17) is 4.42 Å². The Balaban J connectivity index is 2.60. The Hall–Kier alpha value is -1.03. The minimum Gasteiger partial charge on any atom is -0.461 e. The molecule has 0 aliphatic heterocycles. The smallest absolute Gasteiger partial charge is 0.204 e. The summed E-state index contributed by atoms with van der Waals surface area (Å²) in [5.41, 5.74) is 0. The Morgan fingerprint density at radius 3 is 2.93 bits per heavy atom. The van der Waals surface area contributed by atoms with Crippen LogP contribution in [0.2, 0.25) is 0 Å². The van der Waals surface area contributed by atoms with Gasteiger partial charge in [0.1, 0.15) is 0 Å². The van der Waals surface area contributed by atoms with E-state index in [1.807, 2.05) is 13.2 Å². The molecule has 0 fully saturated rings. The van der Waals surface area contributed by atoms with Crippen molar-refractivity contribution in [2.45, 2.75) is 13.3 Å². The molecule has 0 spiro atoms. The molecule has 0 radical (unpaired) electrons. The van der Waals surface area contributed by atoms with Crippen LogP contribution in [0.25, 0.3) is 0 Å². The van der Waals surface area contributed by atoms with E-state index in [0.29, 0.717) is 18.7 Å². The molecule has 3 nitrogen and oxygen atoms in total. The maximum atomic E-state index is 11.6. The lowest BCUT2D eigenvalue weighted by Gasteiger charge is -1.99. The molecule has 0 atom stereocenters. The van der Waals surface area contributed by atoms with Crippen LogP contribution in [0.3, 0.4) is 0 Å². The number of Topliss-reactive ketones (excluding diaryl/α,β-unsaturated/α-hetero) is 1. The highest BCUT2D eigenvalue weighted by atomic mass is 32.2. The van der Waals surface area contributed by atoms with E-state index in [-0.39, 0.29) is 5.78 Å². The van der Waals surface area contributed by atoms with Crippen LogP contribution >= 0.6 is 11.8 Å². The van der Waals surface area contributed by atoms with Crippen LogP contribution in [-0.4, -0.2) is 23.6 Å². The molecule has 0 aliphatic rings. The van der Waals surface area contributed by atoms with Crippen LogP contribution in [0.5, 0.6) is 0 Å². The van der Waals surface area contributed by atoms with Gasteiger partial charge in [0.2, 0.25) is 5.78 Å². The monoisotopic (exact) mass is 211 g/mol. The summed E-state index contributed by atoms with van der Waals surface area (Å²) in [6.45, 7) is 2.66. The van der Waals surface area contributed by atoms with Gasteiger partial charge in [0, 0.05) is 6.54 Å². The SMILES string of the molecule is CCN=C(CC(=O)c1ccco1)SC. The molecule has 0 amide bonds. The van der Waals surface area contributed by atoms with Crippen LogP contribution in [-0.2, 0) is 0 Å². The molecule has 0 N–H and O–H groups in total. The predicted molar refractivity (Wildman–Crippen MR) is 59.1 cm³/mol. The summed E-state index contributed by atoms with van der Waals surface area (Å²) in [6.07, 6.45) is 3.76. The standard InChI is InChI=1S/C10H13NO2S/c1-3-11-10(14-2)7-8(12)9-5-4-6-13-9/h4-6H,3,7H2,1-2H3. The summed E-state index contributed by atoms with van der Waals surface area (Å²) < 4.78 is 5.01. The molecule has 4 heteroatoms. The van der Waals surface area contributed by atoms with Gasteiger partial charge in [-0.15, -0.1) is 11.8 Å². The first-order valence-electron chi connectivity index (χ1n) is 4.42. The summed E-state index contributed by atoms with van der Waals surface area (Å²) in [5.74, 6) is 0.388. The summed E-state index contributed by atoms with van der Waals surface area (Å²) in [7, 11) is 0. The molecule has 1 aromatic heterocycles. The number of hydrogen-bond donors (Lipinski definition) is 0. The molecule has 1 rings (SSSR count). The minimum absolute atomic E-state index is 0.0171. The van der Waals surface area contributed by atoms with Crippen molar-refractivity contribution in [3.63, 3.8) is 0 Å². The molecule has 0 unspecified atom stereocenters. The minimum atomic E-state index is -0.0171. The summed E-state index contributed by atoms with van der Waals surface area (Å²) in [4.78, 5) is 15.8. The van der Waals surface area contributed by atoms with Crippen LogP contribution in [0.15, 0.2) is 27.8 Å². The van der Waals surface area contributed by atoms with Gasteiger partial charge in [-0.25, -0.2) is 0 Å². The lowest BCUT2D eigenvalue weighted by molar-refractivity contribution is 0.0975. The zero-order valence-corrected chi connectivity index (χ0v) is 9.13. The molecule has 0 bridgehead atoms. The van der Waals surface area contributed by atoms with Crippen molar-refractivity contribution in [2.75, 3.05) is 12.8 Å². The van der Waals surface area contributed by atoms with Crippen molar-refractivity contribution >= 4 is 22.6 Å². The Labute approximate surface area is 87.6 Å². The number of carbonyl (C=O) groups is 1. The van der Waals surface area contributed by atoms with E-state index in [1.165, 1.54) is 18.0 Å². The van der Waals surface area contributed by atoms with Crippen molar-refractivity contribution in [3.05, 3.63) is 24.2 Å². The number of thioether (sulfide) groups is 1. The van der Waals surface area contributed by atoms with Crippen molar-refractivity contribution in [1.82, 2.24) is 0 Å². The molecule has 14 heavy (non-hydrogen) atoms. The van der Waals surface area contributed by atoms with E-state index in [9.17, 15) is 4.79 Å². The summed E-state index contributed by atoms with van der Waals surface area (Å²) in [6, 6.07) is 3.38. The maximum absolute atomic E-state index is 11.6. The first-order valence-corrected chi connectivity index (χ1v) is 5.64. The number of furan rings is 1. The second-order valence-electron chi connectivity index (χ2n) is 2.65. The highest BCUT2D eigenvalue weighted by Gasteiger charge is 2.11. The van der Waals surface area contributed by atoms with Gasteiger partial charge < -0.3 is 4.42 Å². The van der Waals surface area contributed by atoms with Gasteiger partial charge in [-0.3, -0.25) is 9.79 Å². The number of hydrogen-bond acceptors (Lipinski definition) is 4. The molecule has 76 valence electrons. The number of aliphatic imine (C=N–C) groups is 1. The third kappa shape index (κ3) is 3.03. The van der Waals surface area contributed by atoms with Crippen LogP contribution in [0, 0.1) is 0 Å². The average Bonchev–Trinajstić information content (AvgIpc) is 2.69. The Kier molecular flexibility index (Phi) is 4.46. The number of carbonyl (C=O) groups excluding carboxylic acids is 1. The quantitative estimate of drug-likeness (QED) is 0.437. The number of ketones is 1. The predicted octanol–water partition coefficient (Wildman–Crippen LogP) is 2.63. The molecule has 0 saturated heterocycles. The highest BCUT2D eigenvalue weighted by Crippen LogP contribution is 2.10. The maximum Gasteiger partial charge on any atom is 0.204 e. The van der Waals surface area contributed by atoms with Gasteiger partial charge in [0.05, 0.1) is 17.7 Å². The zero-order chi connectivity index (χ0) is 10.4. The summed E-state index contributed by atoms with van der Waals surface area (Å²) >= 11 is 1.51. The van der Waals surface area contributed by atoms with E-state index in [2.05, 4.69) is 4.99 Å². The number of nitrogens with zero attached hydrogens (tertiary/aromatic N) is 1. The van der Waals surface area contributed by atoms with Crippen molar-refractivity contribution < 1.29 is 9.21 Å². The van der Waals surface area contributed by atoms with Crippen LogP contribution < -0.4 is 0 Å². The fraction of sp³-hybridized carbons (Fsp3) is 0.400. The lowest BCUT2D eigenvalue weighted by Crippen LogP contribution is -2.04. The Morgan fingerprint density at radius 1 is 1.64 bits per heavy atom. The lowest BCUT2D eigenvalue weighted by atomic mass is 10.2. The normalized spacial score (nSPS) is 11.7. The van der Waals surface area contributed by atoms with E-state index in [1.54, 1.807) is 12.1 Å². The molecule has 1 heterocycles. The Morgan fingerprint density at radius 2 is 2.43 bits per heavy atom. The molecule has 0 aliphatic carbocycles. The van der Waals surface area contributed by atoms with Gasteiger partial charge >= 0.3 is 0 Å². The third-order valence-corrected chi connectivity index (χ3v) is 2.42.